The molecule has 8 heteroatoms. The van der Waals surface area contributed by atoms with E-state index in [1.165, 1.54) is 12.8 Å². The van der Waals surface area contributed by atoms with Crippen molar-refractivity contribution in [1.82, 2.24) is 24.0 Å². The van der Waals surface area contributed by atoms with E-state index in [4.69, 9.17) is 14.7 Å². The predicted octanol–water partition coefficient (Wildman–Crippen LogP) is 1.74. The van der Waals surface area contributed by atoms with Gasteiger partial charge >= 0.3 is 5.69 Å². The van der Waals surface area contributed by atoms with E-state index in [0.717, 1.165) is 75.3 Å². The molecule has 1 aliphatic carbocycles. The SMILES string of the molecule is CCCn1c2nc(C3CCCC3)nc-2c2n(c1=O)CC(CN1CCOCC1)N2. The minimum atomic E-state index is 0.0409. The zero-order valence-corrected chi connectivity index (χ0v) is 16.7. The van der Waals surface area contributed by atoms with Crippen molar-refractivity contribution in [1.29, 1.82) is 0 Å². The van der Waals surface area contributed by atoms with Crippen LogP contribution in [0.3, 0.4) is 0 Å². The maximum Gasteiger partial charge on any atom is 0.331 e. The van der Waals surface area contributed by atoms with Crippen LogP contribution in [0.4, 0.5) is 5.82 Å². The highest BCUT2D eigenvalue weighted by atomic mass is 16.5. The number of rotatable bonds is 5. The van der Waals surface area contributed by atoms with Crippen LogP contribution in [0.5, 0.6) is 0 Å². The molecular weight excluding hydrogens is 356 g/mol. The van der Waals surface area contributed by atoms with Crippen LogP contribution in [0.15, 0.2) is 4.79 Å². The second-order valence-corrected chi connectivity index (χ2v) is 8.38. The molecule has 1 saturated heterocycles. The lowest BCUT2D eigenvalue weighted by atomic mass is 10.1. The Bertz CT molecular complexity index is 862. The van der Waals surface area contributed by atoms with Gasteiger partial charge < -0.3 is 10.1 Å². The zero-order chi connectivity index (χ0) is 19.1. The summed E-state index contributed by atoms with van der Waals surface area (Å²) in [7, 11) is 0. The Morgan fingerprint density at radius 3 is 2.71 bits per heavy atom. The molecule has 2 fully saturated rings. The summed E-state index contributed by atoms with van der Waals surface area (Å²) in [5.41, 5.74) is 0.915. The van der Waals surface area contributed by atoms with Crippen molar-refractivity contribution in [3.8, 4) is 11.5 Å². The fourth-order valence-electron chi connectivity index (χ4n) is 4.92. The Morgan fingerprint density at radius 2 is 1.96 bits per heavy atom. The number of aromatic nitrogens is 4. The van der Waals surface area contributed by atoms with E-state index in [1.54, 1.807) is 0 Å². The molecule has 8 nitrogen and oxygen atoms in total. The van der Waals surface area contributed by atoms with Gasteiger partial charge in [-0.3, -0.25) is 14.0 Å². The van der Waals surface area contributed by atoms with Gasteiger partial charge in [0.1, 0.15) is 17.3 Å². The van der Waals surface area contributed by atoms with Crippen LogP contribution in [0, 0.1) is 0 Å². The average Bonchev–Trinajstić information content (AvgIpc) is 3.44. The van der Waals surface area contributed by atoms with Crippen molar-refractivity contribution in [2.75, 3.05) is 38.2 Å². The molecule has 0 radical (unpaired) electrons. The van der Waals surface area contributed by atoms with Crippen molar-refractivity contribution in [3.63, 3.8) is 0 Å². The molecule has 5 rings (SSSR count). The fraction of sp³-hybridized carbons (Fsp3) is 0.750. The van der Waals surface area contributed by atoms with Gasteiger partial charge in [0, 0.05) is 32.1 Å². The smallest absolute Gasteiger partial charge is 0.331 e. The molecule has 0 aromatic heterocycles. The zero-order valence-electron chi connectivity index (χ0n) is 16.7. The summed E-state index contributed by atoms with van der Waals surface area (Å²) in [6.07, 6.45) is 5.74. The minimum Gasteiger partial charge on any atom is -0.379 e. The van der Waals surface area contributed by atoms with Crippen molar-refractivity contribution in [2.24, 2.45) is 0 Å². The van der Waals surface area contributed by atoms with E-state index < -0.39 is 0 Å². The lowest BCUT2D eigenvalue weighted by Crippen LogP contribution is -2.43. The van der Waals surface area contributed by atoms with E-state index in [2.05, 4.69) is 17.1 Å². The number of ether oxygens (including phenoxy) is 1. The standard InChI is InChI=1S/C20H30N6O2/c1-2-7-25-19-16(22-17(23-19)14-5-3-4-6-14)18-21-15(13-26(18)20(25)27)12-24-8-10-28-11-9-24/h14-15,21H,2-13H2,1H3. The average molecular weight is 387 g/mol. The number of fused-ring (bicyclic) bond motifs is 3. The van der Waals surface area contributed by atoms with Gasteiger partial charge in [0.2, 0.25) is 0 Å². The first-order valence-electron chi connectivity index (χ1n) is 10.8. The molecule has 152 valence electrons. The molecule has 0 amide bonds. The highest BCUT2D eigenvalue weighted by molar-refractivity contribution is 5.70. The van der Waals surface area contributed by atoms with Crippen LogP contribution in [0.1, 0.15) is 50.8 Å². The molecule has 0 bridgehead atoms. The first kappa shape index (κ1) is 18.1. The molecule has 4 heterocycles. The Balaban J connectivity index is 1.49. The minimum absolute atomic E-state index is 0.0409. The summed E-state index contributed by atoms with van der Waals surface area (Å²) in [4.78, 5) is 25.4. The van der Waals surface area contributed by atoms with E-state index in [-0.39, 0.29) is 11.7 Å². The maximum atomic E-state index is 13.2. The molecule has 1 saturated carbocycles. The fourth-order valence-corrected chi connectivity index (χ4v) is 4.92. The van der Waals surface area contributed by atoms with Crippen LogP contribution in [-0.4, -0.2) is 62.9 Å². The number of anilines is 1. The highest BCUT2D eigenvalue weighted by Gasteiger charge is 2.34. The summed E-state index contributed by atoms with van der Waals surface area (Å²) >= 11 is 0. The van der Waals surface area contributed by atoms with E-state index in [1.807, 2.05) is 9.13 Å². The first-order chi connectivity index (χ1) is 13.7. The molecular formula is C20H30N6O2. The lowest BCUT2D eigenvalue weighted by Gasteiger charge is -2.28. The third-order valence-electron chi connectivity index (χ3n) is 6.36. The Kier molecular flexibility index (Phi) is 4.84. The van der Waals surface area contributed by atoms with E-state index in [9.17, 15) is 4.79 Å². The third-order valence-corrected chi connectivity index (χ3v) is 6.36. The molecule has 1 atom stereocenters. The maximum absolute atomic E-state index is 13.2. The highest BCUT2D eigenvalue weighted by Crippen LogP contribution is 2.37. The summed E-state index contributed by atoms with van der Waals surface area (Å²) in [5.74, 6) is 3.01. The molecule has 1 N–H and O–H groups in total. The van der Waals surface area contributed by atoms with Gasteiger partial charge in [0.05, 0.1) is 25.8 Å². The summed E-state index contributed by atoms with van der Waals surface area (Å²) < 4.78 is 9.18. The Hall–Kier alpha value is -1.93. The van der Waals surface area contributed by atoms with Crippen molar-refractivity contribution < 1.29 is 4.74 Å². The molecule has 28 heavy (non-hydrogen) atoms. The van der Waals surface area contributed by atoms with Crippen molar-refractivity contribution in [3.05, 3.63) is 16.3 Å². The number of imidazole rings is 1. The monoisotopic (exact) mass is 386 g/mol. The lowest BCUT2D eigenvalue weighted by molar-refractivity contribution is 0.0360. The molecule has 5 aliphatic rings. The molecule has 4 aliphatic heterocycles. The van der Waals surface area contributed by atoms with Crippen LogP contribution in [0.2, 0.25) is 0 Å². The summed E-state index contributed by atoms with van der Waals surface area (Å²) in [5, 5.41) is 3.60. The topological polar surface area (TPSA) is 77.2 Å². The number of nitrogens with zero attached hydrogens (tertiary/aromatic N) is 5. The van der Waals surface area contributed by atoms with Crippen LogP contribution in [-0.2, 0) is 17.8 Å². The van der Waals surface area contributed by atoms with Gasteiger partial charge in [0.15, 0.2) is 5.82 Å². The largest absolute Gasteiger partial charge is 0.379 e. The third kappa shape index (κ3) is 3.12. The second-order valence-electron chi connectivity index (χ2n) is 8.38. The normalized spacial score (nSPS) is 23.4. The molecule has 0 aromatic carbocycles. The van der Waals surface area contributed by atoms with Crippen LogP contribution in [0.25, 0.3) is 11.5 Å². The van der Waals surface area contributed by atoms with Crippen LogP contribution >= 0.6 is 0 Å². The van der Waals surface area contributed by atoms with E-state index in [0.29, 0.717) is 19.0 Å². The van der Waals surface area contributed by atoms with Gasteiger partial charge in [-0.25, -0.2) is 14.8 Å². The summed E-state index contributed by atoms with van der Waals surface area (Å²) in [6, 6.07) is 0.220. The summed E-state index contributed by atoms with van der Waals surface area (Å²) in [6.45, 7) is 7.89. The number of morpholine rings is 1. The molecule has 0 aromatic rings. The van der Waals surface area contributed by atoms with Gasteiger partial charge in [-0.05, 0) is 19.3 Å². The second kappa shape index (κ2) is 7.48. The number of hydrogen-bond acceptors (Lipinski definition) is 6. The van der Waals surface area contributed by atoms with Gasteiger partial charge in [-0.1, -0.05) is 19.8 Å². The Labute approximate surface area is 165 Å². The van der Waals surface area contributed by atoms with Gasteiger partial charge in [0.25, 0.3) is 0 Å². The van der Waals surface area contributed by atoms with Crippen LogP contribution < -0.4 is 11.0 Å². The number of nitrogens with one attached hydrogen (secondary N) is 1. The van der Waals surface area contributed by atoms with Gasteiger partial charge in [-0.15, -0.1) is 0 Å². The molecule has 1 unspecified atom stereocenters. The van der Waals surface area contributed by atoms with Crippen molar-refractivity contribution in [2.45, 2.75) is 64.1 Å². The number of hydrogen-bond donors (Lipinski definition) is 1. The predicted molar refractivity (Wildman–Crippen MR) is 107 cm³/mol. The molecule has 0 spiro atoms. The Morgan fingerprint density at radius 1 is 1.18 bits per heavy atom. The quantitative estimate of drug-likeness (QED) is 0.843. The van der Waals surface area contributed by atoms with E-state index >= 15 is 0 Å². The van der Waals surface area contributed by atoms with Gasteiger partial charge in [-0.2, -0.15) is 0 Å². The van der Waals surface area contributed by atoms with Crippen molar-refractivity contribution >= 4 is 5.82 Å². The first-order valence-corrected chi connectivity index (χ1v) is 10.8.